The van der Waals surface area contributed by atoms with Crippen LogP contribution in [0.25, 0.3) is 0 Å². The highest BCUT2D eigenvalue weighted by Gasteiger charge is 2.52. The van der Waals surface area contributed by atoms with E-state index in [0.717, 1.165) is 22.2 Å². The second kappa shape index (κ2) is 6.35. The molecule has 0 bridgehead atoms. The third-order valence-electron chi connectivity index (χ3n) is 4.82. The van der Waals surface area contributed by atoms with Gasteiger partial charge >= 0.3 is 7.12 Å². The minimum absolute atomic E-state index is 0.354. The molecule has 1 aliphatic rings. The Labute approximate surface area is 148 Å². The molecule has 5 heteroatoms. The van der Waals surface area contributed by atoms with Gasteiger partial charge in [-0.3, -0.25) is 0 Å². The zero-order chi connectivity index (χ0) is 18.3. The monoisotopic (exact) mass is 343 g/mol. The van der Waals surface area contributed by atoms with Crippen LogP contribution >= 0.6 is 0 Å². The first kappa shape index (κ1) is 19.3. The number of hydrogen-bond acceptors (Lipinski definition) is 3. The van der Waals surface area contributed by atoms with E-state index in [1.807, 2.05) is 0 Å². The van der Waals surface area contributed by atoms with Gasteiger partial charge < -0.3 is 15.0 Å². The lowest BCUT2D eigenvalue weighted by molar-refractivity contribution is 0.00578. The van der Waals surface area contributed by atoms with E-state index in [1.54, 1.807) is 0 Å². The average Bonchev–Trinajstić information content (AvgIpc) is 2.65. The summed E-state index contributed by atoms with van der Waals surface area (Å²) < 4.78 is 12.5. The van der Waals surface area contributed by atoms with Crippen molar-refractivity contribution in [3.8, 4) is 11.5 Å². The first-order valence-electron chi connectivity index (χ1n) is 8.58. The number of hydrogen-bond donors (Lipinski definition) is 1. The Morgan fingerprint density at radius 2 is 1.62 bits per heavy atom. The van der Waals surface area contributed by atoms with Gasteiger partial charge in [0.15, 0.2) is 0 Å². The second-order valence-corrected chi connectivity index (χ2v) is 13.4. The van der Waals surface area contributed by atoms with Crippen molar-refractivity contribution in [2.24, 2.45) is 5.73 Å². The topological polar surface area (TPSA) is 44.5 Å². The maximum Gasteiger partial charge on any atom is 0.495 e. The predicted molar refractivity (Wildman–Crippen MR) is 105 cm³/mol. The molecule has 3 nitrogen and oxygen atoms in total. The largest absolute Gasteiger partial charge is 0.495 e. The standard InChI is InChI=1S/C19H30BNO2Si/c1-14-16(9-10-24(6,7)8)11-15(13-21)12-17(14)20-22-18(2,3)19(4,5)23-20/h11-12H,13,21H2,1-8H3. The molecule has 24 heavy (non-hydrogen) atoms. The highest BCUT2D eigenvalue weighted by Crippen LogP contribution is 2.36. The van der Waals surface area contributed by atoms with Crippen LogP contribution in [0.2, 0.25) is 19.6 Å². The highest BCUT2D eigenvalue weighted by atomic mass is 28.3. The van der Waals surface area contributed by atoms with Crippen LogP contribution in [0.5, 0.6) is 0 Å². The van der Waals surface area contributed by atoms with E-state index >= 15 is 0 Å². The summed E-state index contributed by atoms with van der Waals surface area (Å²) >= 11 is 0. The molecule has 1 heterocycles. The molecule has 2 N–H and O–H groups in total. The predicted octanol–water partition coefficient (Wildman–Crippen LogP) is 2.98. The van der Waals surface area contributed by atoms with Crippen LogP contribution in [0.15, 0.2) is 12.1 Å². The Morgan fingerprint density at radius 3 is 2.08 bits per heavy atom. The number of benzene rings is 1. The summed E-state index contributed by atoms with van der Waals surface area (Å²) in [6.07, 6.45) is 0. The van der Waals surface area contributed by atoms with Crippen LogP contribution in [-0.4, -0.2) is 26.4 Å². The zero-order valence-corrected chi connectivity index (χ0v) is 17.3. The van der Waals surface area contributed by atoms with Gasteiger partial charge in [-0.25, -0.2) is 0 Å². The maximum absolute atomic E-state index is 6.23. The van der Waals surface area contributed by atoms with Crippen molar-refractivity contribution in [3.05, 3.63) is 28.8 Å². The van der Waals surface area contributed by atoms with Crippen molar-refractivity contribution >= 4 is 20.7 Å². The fourth-order valence-corrected chi connectivity index (χ4v) is 3.03. The molecule has 2 rings (SSSR count). The third kappa shape index (κ3) is 3.95. The van der Waals surface area contributed by atoms with Crippen LogP contribution < -0.4 is 11.2 Å². The van der Waals surface area contributed by atoms with E-state index in [-0.39, 0.29) is 18.3 Å². The smallest absolute Gasteiger partial charge is 0.399 e. The van der Waals surface area contributed by atoms with Crippen molar-refractivity contribution in [1.29, 1.82) is 0 Å². The molecule has 0 atom stereocenters. The molecule has 0 spiro atoms. The van der Waals surface area contributed by atoms with Gasteiger partial charge in [0.05, 0.1) is 11.2 Å². The normalized spacial score (nSPS) is 19.1. The SMILES string of the molecule is Cc1c(C#C[Si](C)(C)C)cc(CN)cc1B1OC(C)(C)C(C)(C)O1. The van der Waals surface area contributed by atoms with Gasteiger partial charge in [-0.1, -0.05) is 31.6 Å². The molecule has 1 aromatic rings. The Kier molecular flexibility index (Phi) is 5.09. The molecule has 0 aromatic heterocycles. The lowest BCUT2D eigenvalue weighted by atomic mass is 9.74. The molecular formula is C19H30BNO2Si. The fraction of sp³-hybridized carbons (Fsp3) is 0.579. The lowest BCUT2D eigenvalue weighted by Gasteiger charge is -2.32. The molecule has 0 radical (unpaired) electrons. The molecule has 1 fully saturated rings. The summed E-state index contributed by atoms with van der Waals surface area (Å²) in [5.74, 6) is 3.38. The third-order valence-corrected chi connectivity index (χ3v) is 5.70. The van der Waals surface area contributed by atoms with Crippen molar-refractivity contribution in [3.63, 3.8) is 0 Å². The maximum atomic E-state index is 6.23. The van der Waals surface area contributed by atoms with Gasteiger partial charge in [-0.05, 0) is 57.3 Å². The van der Waals surface area contributed by atoms with Crippen LogP contribution in [0.1, 0.15) is 44.4 Å². The van der Waals surface area contributed by atoms with Gasteiger partial charge in [0, 0.05) is 12.1 Å². The Morgan fingerprint density at radius 1 is 1.08 bits per heavy atom. The van der Waals surface area contributed by atoms with Crippen LogP contribution in [-0.2, 0) is 15.9 Å². The van der Waals surface area contributed by atoms with Crippen LogP contribution in [0.3, 0.4) is 0 Å². The van der Waals surface area contributed by atoms with Gasteiger partial charge in [0.25, 0.3) is 0 Å². The summed E-state index contributed by atoms with van der Waals surface area (Å²) in [5.41, 5.74) is 12.9. The zero-order valence-electron chi connectivity index (χ0n) is 16.3. The Bertz CT molecular complexity index is 680. The molecule has 0 saturated carbocycles. The fourth-order valence-electron chi connectivity index (χ4n) is 2.52. The Balaban J connectivity index is 2.50. The van der Waals surface area contributed by atoms with Gasteiger partial charge in [-0.15, -0.1) is 5.54 Å². The minimum Gasteiger partial charge on any atom is -0.399 e. The van der Waals surface area contributed by atoms with E-state index < -0.39 is 8.07 Å². The summed E-state index contributed by atoms with van der Waals surface area (Å²) in [6.45, 7) is 17.6. The Hall–Kier alpha value is -1.06. The van der Waals surface area contributed by atoms with Gasteiger partial charge in [0.1, 0.15) is 8.07 Å². The first-order valence-corrected chi connectivity index (χ1v) is 12.1. The lowest BCUT2D eigenvalue weighted by Crippen LogP contribution is -2.41. The summed E-state index contributed by atoms with van der Waals surface area (Å²) in [5, 5.41) is 0. The number of rotatable bonds is 2. The molecule has 0 unspecified atom stereocenters. The van der Waals surface area contributed by atoms with Crippen molar-refractivity contribution in [2.75, 3.05) is 0 Å². The van der Waals surface area contributed by atoms with Gasteiger partial charge in [0.2, 0.25) is 0 Å². The van der Waals surface area contributed by atoms with Crippen LogP contribution in [0.4, 0.5) is 0 Å². The summed E-state index contributed by atoms with van der Waals surface area (Å²) in [4.78, 5) is 0. The van der Waals surface area contributed by atoms with Crippen molar-refractivity contribution < 1.29 is 9.31 Å². The van der Waals surface area contributed by atoms with E-state index in [0.29, 0.717) is 6.54 Å². The van der Waals surface area contributed by atoms with Gasteiger partial charge in [-0.2, -0.15) is 0 Å². The molecule has 0 amide bonds. The molecular weight excluding hydrogens is 313 g/mol. The highest BCUT2D eigenvalue weighted by molar-refractivity contribution is 6.83. The molecule has 130 valence electrons. The summed E-state index contributed by atoms with van der Waals surface area (Å²) in [7, 11) is -1.82. The average molecular weight is 343 g/mol. The van der Waals surface area contributed by atoms with Crippen LogP contribution in [0, 0.1) is 18.4 Å². The van der Waals surface area contributed by atoms with E-state index in [2.05, 4.69) is 77.9 Å². The van der Waals surface area contributed by atoms with E-state index in [1.165, 1.54) is 0 Å². The molecule has 1 saturated heterocycles. The number of nitrogens with two attached hydrogens (primary N) is 1. The van der Waals surface area contributed by atoms with Crippen molar-refractivity contribution in [1.82, 2.24) is 0 Å². The first-order chi connectivity index (χ1) is 10.9. The minimum atomic E-state index is -1.44. The van der Waals surface area contributed by atoms with Crippen molar-refractivity contribution in [2.45, 2.75) is 72.0 Å². The molecule has 0 aliphatic carbocycles. The van der Waals surface area contributed by atoms with E-state index in [4.69, 9.17) is 15.0 Å². The molecule has 1 aromatic carbocycles. The second-order valence-electron chi connectivity index (χ2n) is 8.65. The molecule has 1 aliphatic heterocycles. The van der Waals surface area contributed by atoms with E-state index in [9.17, 15) is 0 Å². The quantitative estimate of drug-likeness (QED) is 0.663. The summed E-state index contributed by atoms with van der Waals surface area (Å²) in [6, 6.07) is 4.19.